The lowest BCUT2D eigenvalue weighted by molar-refractivity contribution is -0.141. The average Bonchev–Trinajstić information content (AvgIpc) is 2.25. The standard InChI is InChI=1S/C10H19N3O3/c1-8(14)12-9(10(15)16)7-11-13-5-3-2-4-6-13/h9,11H,2-7H2,1H3,(H,12,14)(H,15,16). The van der Waals surface area contributed by atoms with Gasteiger partial charge in [0.1, 0.15) is 6.04 Å². The third-order valence-corrected chi connectivity index (χ3v) is 2.55. The second-order valence-corrected chi connectivity index (χ2v) is 4.00. The Morgan fingerprint density at radius 2 is 1.94 bits per heavy atom. The fourth-order valence-electron chi connectivity index (χ4n) is 1.72. The van der Waals surface area contributed by atoms with Crippen LogP contribution in [0.25, 0.3) is 0 Å². The van der Waals surface area contributed by atoms with Crippen molar-refractivity contribution in [3.05, 3.63) is 0 Å². The molecule has 1 saturated heterocycles. The quantitative estimate of drug-likeness (QED) is 0.596. The molecule has 1 atom stereocenters. The van der Waals surface area contributed by atoms with Gasteiger partial charge in [0.2, 0.25) is 5.91 Å². The molecule has 1 amide bonds. The molecule has 0 radical (unpaired) electrons. The van der Waals surface area contributed by atoms with Crippen LogP contribution in [0.5, 0.6) is 0 Å². The molecule has 1 unspecified atom stereocenters. The van der Waals surface area contributed by atoms with E-state index in [9.17, 15) is 9.59 Å². The summed E-state index contributed by atoms with van der Waals surface area (Å²) in [6.45, 7) is 3.42. The van der Waals surface area contributed by atoms with Crippen LogP contribution in [0.3, 0.4) is 0 Å². The van der Waals surface area contributed by atoms with E-state index < -0.39 is 12.0 Å². The van der Waals surface area contributed by atoms with Crippen LogP contribution in [0.4, 0.5) is 0 Å². The number of nitrogens with zero attached hydrogens (tertiary/aromatic N) is 1. The summed E-state index contributed by atoms with van der Waals surface area (Å²) in [5, 5.41) is 13.3. The molecule has 6 nitrogen and oxygen atoms in total. The first-order chi connectivity index (χ1) is 7.59. The largest absolute Gasteiger partial charge is 0.480 e. The number of nitrogens with one attached hydrogen (secondary N) is 2. The fraction of sp³-hybridized carbons (Fsp3) is 0.800. The highest BCUT2D eigenvalue weighted by atomic mass is 16.4. The van der Waals surface area contributed by atoms with Crippen LogP contribution in [0.1, 0.15) is 26.2 Å². The van der Waals surface area contributed by atoms with Gasteiger partial charge in [0.15, 0.2) is 0 Å². The first-order valence-electron chi connectivity index (χ1n) is 5.58. The van der Waals surface area contributed by atoms with Crippen molar-refractivity contribution < 1.29 is 14.7 Å². The lowest BCUT2D eigenvalue weighted by atomic mass is 10.2. The lowest BCUT2D eigenvalue weighted by Crippen LogP contribution is -2.52. The van der Waals surface area contributed by atoms with Gasteiger partial charge in [0.05, 0.1) is 0 Å². The zero-order chi connectivity index (χ0) is 12.0. The molecule has 1 aliphatic rings. The molecule has 92 valence electrons. The van der Waals surface area contributed by atoms with E-state index in [0.717, 1.165) is 25.9 Å². The minimum Gasteiger partial charge on any atom is -0.480 e. The zero-order valence-electron chi connectivity index (χ0n) is 9.53. The predicted molar refractivity (Wildman–Crippen MR) is 58.7 cm³/mol. The molecule has 0 bridgehead atoms. The van der Waals surface area contributed by atoms with Crippen molar-refractivity contribution in [2.24, 2.45) is 0 Å². The van der Waals surface area contributed by atoms with Crippen molar-refractivity contribution in [1.29, 1.82) is 0 Å². The van der Waals surface area contributed by atoms with E-state index in [1.54, 1.807) is 0 Å². The van der Waals surface area contributed by atoms with E-state index in [1.807, 2.05) is 5.01 Å². The van der Waals surface area contributed by atoms with Crippen LogP contribution in [-0.2, 0) is 9.59 Å². The maximum Gasteiger partial charge on any atom is 0.327 e. The number of hydrazine groups is 1. The fourth-order valence-corrected chi connectivity index (χ4v) is 1.72. The van der Waals surface area contributed by atoms with Crippen molar-refractivity contribution in [1.82, 2.24) is 15.8 Å². The first-order valence-corrected chi connectivity index (χ1v) is 5.58. The number of carboxylic acids is 1. The maximum atomic E-state index is 10.8. The van der Waals surface area contributed by atoms with E-state index in [4.69, 9.17) is 5.11 Å². The van der Waals surface area contributed by atoms with E-state index in [2.05, 4.69) is 10.7 Å². The summed E-state index contributed by atoms with van der Waals surface area (Å²) in [5.41, 5.74) is 3.05. The highest BCUT2D eigenvalue weighted by Crippen LogP contribution is 2.05. The van der Waals surface area contributed by atoms with Crippen LogP contribution in [0.2, 0.25) is 0 Å². The van der Waals surface area contributed by atoms with Crippen molar-refractivity contribution in [3.8, 4) is 0 Å². The van der Waals surface area contributed by atoms with E-state index in [-0.39, 0.29) is 12.5 Å². The van der Waals surface area contributed by atoms with Crippen LogP contribution >= 0.6 is 0 Å². The van der Waals surface area contributed by atoms with Gasteiger partial charge in [-0.3, -0.25) is 10.2 Å². The van der Waals surface area contributed by atoms with Gasteiger partial charge in [-0.25, -0.2) is 9.80 Å². The number of hydrogen-bond donors (Lipinski definition) is 3. The molecule has 3 N–H and O–H groups in total. The highest BCUT2D eigenvalue weighted by Gasteiger charge is 2.19. The van der Waals surface area contributed by atoms with Crippen molar-refractivity contribution in [2.45, 2.75) is 32.2 Å². The smallest absolute Gasteiger partial charge is 0.327 e. The number of hydrogen-bond acceptors (Lipinski definition) is 4. The SMILES string of the molecule is CC(=O)NC(CNN1CCCCC1)C(=O)O. The van der Waals surface area contributed by atoms with Gasteiger partial charge < -0.3 is 10.4 Å². The number of amides is 1. The molecule has 6 heteroatoms. The molecule has 0 aromatic rings. The van der Waals surface area contributed by atoms with Crippen molar-refractivity contribution >= 4 is 11.9 Å². The Hall–Kier alpha value is -1.14. The average molecular weight is 229 g/mol. The molecule has 0 aromatic heterocycles. The first kappa shape index (κ1) is 12.9. The van der Waals surface area contributed by atoms with E-state index in [1.165, 1.54) is 13.3 Å². The number of carboxylic acid groups (broad SMARTS) is 1. The summed E-state index contributed by atoms with van der Waals surface area (Å²) < 4.78 is 0. The second kappa shape index (κ2) is 6.44. The molecule has 0 spiro atoms. The Bertz CT molecular complexity index is 252. The third kappa shape index (κ3) is 4.59. The molecule has 0 saturated carbocycles. The summed E-state index contributed by atoms with van der Waals surface area (Å²) in [4.78, 5) is 21.6. The van der Waals surface area contributed by atoms with Crippen LogP contribution in [0, 0.1) is 0 Å². The monoisotopic (exact) mass is 229 g/mol. The van der Waals surface area contributed by atoms with E-state index >= 15 is 0 Å². The number of rotatable bonds is 5. The normalized spacial score (nSPS) is 19.1. The van der Waals surface area contributed by atoms with Crippen molar-refractivity contribution in [3.63, 3.8) is 0 Å². The number of carbonyl (C=O) groups excluding carboxylic acids is 1. The Morgan fingerprint density at radius 1 is 1.31 bits per heavy atom. The Labute approximate surface area is 95.0 Å². The molecule has 16 heavy (non-hydrogen) atoms. The molecular formula is C10H19N3O3. The van der Waals surface area contributed by atoms with Gasteiger partial charge in [0, 0.05) is 26.6 Å². The number of carbonyl (C=O) groups is 2. The molecule has 0 aromatic carbocycles. The Kier molecular flexibility index (Phi) is 5.21. The van der Waals surface area contributed by atoms with Gasteiger partial charge >= 0.3 is 5.97 Å². The molecule has 1 rings (SSSR count). The van der Waals surface area contributed by atoms with Crippen LogP contribution < -0.4 is 10.7 Å². The lowest BCUT2D eigenvalue weighted by Gasteiger charge is -2.28. The van der Waals surface area contributed by atoms with Crippen LogP contribution in [-0.4, -0.2) is 47.7 Å². The summed E-state index contributed by atoms with van der Waals surface area (Å²) in [6.07, 6.45) is 3.49. The van der Waals surface area contributed by atoms with Gasteiger partial charge in [-0.05, 0) is 12.8 Å². The summed E-state index contributed by atoms with van der Waals surface area (Å²) >= 11 is 0. The van der Waals surface area contributed by atoms with Gasteiger partial charge in [0.25, 0.3) is 0 Å². The predicted octanol–water partition coefficient (Wildman–Crippen LogP) is -0.434. The van der Waals surface area contributed by atoms with E-state index in [0.29, 0.717) is 0 Å². The summed E-state index contributed by atoms with van der Waals surface area (Å²) in [7, 11) is 0. The topological polar surface area (TPSA) is 81.7 Å². The van der Waals surface area contributed by atoms with Gasteiger partial charge in [-0.15, -0.1) is 0 Å². The van der Waals surface area contributed by atoms with Crippen molar-refractivity contribution in [2.75, 3.05) is 19.6 Å². The maximum absolute atomic E-state index is 10.8. The number of piperidine rings is 1. The summed E-state index contributed by atoms with van der Waals surface area (Å²) in [6, 6.07) is -0.862. The minimum atomic E-state index is -1.01. The molecular weight excluding hydrogens is 210 g/mol. The third-order valence-electron chi connectivity index (χ3n) is 2.55. The zero-order valence-corrected chi connectivity index (χ0v) is 9.53. The van der Waals surface area contributed by atoms with Crippen LogP contribution in [0.15, 0.2) is 0 Å². The second-order valence-electron chi connectivity index (χ2n) is 4.00. The molecule has 1 fully saturated rings. The molecule has 1 heterocycles. The summed E-state index contributed by atoms with van der Waals surface area (Å²) in [5.74, 6) is -1.34. The Morgan fingerprint density at radius 3 is 2.44 bits per heavy atom. The van der Waals surface area contributed by atoms with Gasteiger partial charge in [-0.1, -0.05) is 6.42 Å². The van der Waals surface area contributed by atoms with Gasteiger partial charge in [-0.2, -0.15) is 0 Å². The number of aliphatic carboxylic acids is 1. The minimum absolute atomic E-state index is 0.231. The molecule has 0 aliphatic carbocycles. The molecule has 1 aliphatic heterocycles. The Balaban J connectivity index is 2.30. The highest BCUT2D eigenvalue weighted by molar-refractivity contribution is 5.82.